The average Bonchev–Trinajstić information content (AvgIpc) is 3.87. The maximum absolute atomic E-state index is 14.5. The van der Waals surface area contributed by atoms with Gasteiger partial charge in [0.15, 0.2) is 0 Å². The van der Waals surface area contributed by atoms with E-state index < -0.39 is 24.3 Å². The molecule has 6 N–H and O–H groups in total. The molecule has 4 aromatic rings. The van der Waals surface area contributed by atoms with Crippen LogP contribution in [0.25, 0.3) is 21.8 Å². The standard InChI is InChI=1S/C34H38F2N6O2S2/c35-20-9-18-11-26(39-30(18)24(13-20)37-22-5-1-2-6-22)32-41-28(15-45-32)34(44,17-43)29-16-46-33(42-29)27-12-19-10-21(36)14-25(31(19)40-27)38-23-7-3-4-8-23/h9-14,22-23,28-29,37-40,43-44H,1-8,15-17H2/t28-,29-/m0/s1. The third-order valence-corrected chi connectivity index (χ3v) is 12.1. The Labute approximate surface area is 274 Å². The highest BCUT2D eigenvalue weighted by atomic mass is 32.2. The second-order valence-corrected chi connectivity index (χ2v) is 15.1. The Morgan fingerprint density at radius 3 is 1.57 bits per heavy atom. The summed E-state index contributed by atoms with van der Waals surface area (Å²) in [7, 11) is 0. The minimum Gasteiger partial charge on any atom is -0.393 e. The molecule has 0 unspecified atom stereocenters. The van der Waals surface area contributed by atoms with Gasteiger partial charge in [0.25, 0.3) is 0 Å². The molecule has 12 heteroatoms. The van der Waals surface area contributed by atoms with Crippen molar-refractivity contribution in [3.8, 4) is 0 Å². The van der Waals surface area contributed by atoms with Crippen LogP contribution in [0.3, 0.4) is 0 Å². The van der Waals surface area contributed by atoms with Crippen LogP contribution in [0.5, 0.6) is 0 Å². The summed E-state index contributed by atoms with van der Waals surface area (Å²) in [6.45, 7) is -0.488. The number of anilines is 2. The first-order valence-electron chi connectivity index (χ1n) is 16.3. The van der Waals surface area contributed by atoms with E-state index in [4.69, 9.17) is 9.98 Å². The molecule has 0 radical (unpaired) electrons. The third-order valence-electron chi connectivity index (χ3n) is 9.99. The molecule has 8 rings (SSSR count). The van der Waals surface area contributed by atoms with E-state index >= 15 is 0 Å². The number of hydrogen-bond donors (Lipinski definition) is 6. The van der Waals surface area contributed by atoms with Crippen LogP contribution >= 0.6 is 23.5 Å². The Bertz CT molecular complexity index is 1710. The van der Waals surface area contributed by atoms with Gasteiger partial charge >= 0.3 is 0 Å². The van der Waals surface area contributed by atoms with Crippen LogP contribution in [0.15, 0.2) is 46.4 Å². The summed E-state index contributed by atoms with van der Waals surface area (Å²) >= 11 is 3.02. The van der Waals surface area contributed by atoms with Crippen molar-refractivity contribution >= 4 is 66.8 Å². The molecule has 2 aliphatic heterocycles. The quantitative estimate of drug-likeness (QED) is 0.117. The number of benzene rings is 2. The highest BCUT2D eigenvalue weighted by Gasteiger charge is 2.48. The zero-order valence-electron chi connectivity index (χ0n) is 25.4. The van der Waals surface area contributed by atoms with E-state index in [-0.39, 0.29) is 11.6 Å². The van der Waals surface area contributed by atoms with Gasteiger partial charge in [-0.2, -0.15) is 0 Å². The lowest BCUT2D eigenvalue weighted by atomic mass is 9.89. The third kappa shape index (κ3) is 5.61. The number of nitrogens with one attached hydrogen (secondary N) is 4. The highest BCUT2D eigenvalue weighted by molar-refractivity contribution is 8.15. The first-order chi connectivity index (χ1) is 22.4. The molecule has 242 valence electrons. The smallest absolute Gasteiger partial charge is 0.134 e. The number of halogens is 2. The topological polar surface area (TPSA) is 121 Å². The number of aliphatic hydroxyl groups excluding tert-OH is 1. The number of H-pyrrole nitrogens is 2. The Morgan fingerprint density at radius 2 is 1.15 bits per heavy atom. The molecule has 0 saturated heterocycles. The van der Waals surface area contributed by atoms with Crippen molar-refractivity contribution in [2.75, 3.05) is 28.7 Å². The zero-order valence-corrected chi connectivity index (χ0v) is 27.0. The zero-order chi connectivity index (χ0) is 31.4. The summed E-state index contributed by atoms with van der Waals surface area (Å²) < 4.78 is 29.1. The molecule has 46 heavy (non-hydrogen) atoms. The van der Waals surface area contributed by atoms with E-state index in [1.54, 1.807) is 12.1 Å². The van der Waals surface area contributed by atoms with Crippen LogP contribution in [-0.2, 0) is 0 Å². The molecular formula is C34H38F2N6O2S2. The molecule has 2 saturated carbocycles. The number of aromatic amines is 2. The van der Waals surface area contributed by atoms with E-state index in [0.29, 0.717) is 23.6 Å². The molecule has 0 amide bonds. The molecule has 0 spiro atoms. The van der Waals surface area contributed by atoms with Gasteiger partial charge in [0.2, 0.25) is 0 Å². The number of nitrogens with zero attached hydrogens (tertiary/aromatic N) is 2. The molecule has 2 fully saturated rings. The van der Waals surface area contributed by atoms with E-state index in [2.05, 4.69) is 20.6 Å². The largest absolute Gasteiger partial charge is 0.393 e. The molecule has 4 aliphatic rings. The fourth-order valence-electron chi connectivity index (χ4n) is 7.44. The maximum atomic E-state index is 14.5. The minimum absolute atomic E-state index is 0.291. The summed E-state index contributed by atoms with van der Waals surface area (Å²) in [6, 6.07) is 9.47. The number of aliphatic imine (C=N–C) groups is 2. The second kappa shape index (κ2) is 12.2. The van der Waals surface area contributed by atoms with E-state index in [9.17, 15) is 19.0 Å². The van der Waals surface area contributed by atoms with Crippen molar-refractivity contribution < 1.29 is 19.0 Å². The number of fused-ring (bicyclic) bond motifs is 2. The summed E-state index contributed by atoms with van der Waals surface area (Å²) in [5.74, 6) is 0.385. The number of thioether (sulfide) groups is 2. The lowest BCUT2D eigenvalue weighted by Crippen LogP contribution is -2.54. The Balaban J connectivity index is 1.04. The Morgan fingerprint density at radius 1 is 0.717 bits per heavy atom. The van der Waals surface area contributed by atoms with Crippen molar-refractivity contribution in [3.05, 3.63) is 59.4 Å². The van der Waals surface area contributed by atoms with Crippen molar-refractivity contribution in [2.45, 2.75) is 81.1 Å². The molecule has 0 bridgehead atoms. The first kappa shape index (κ1) is 30.3. The van der Waals surface area contributed by atoms with Gasteiger partial charge in [0.05, 0.1) is 52.5 Å². The van der Waals surface area contributed by atoms with Crippen molar-refractivity contribution in [1.29, 1.82) is 0 Å². The number of rotatable bonds is 9. The lowest BCUT2D eigenvalue weighted by molar-refractivity contribution is -0.0416. The lowest BCUT2D eigenvalue weighted by Gasteiger charge is -2.33. The molecule has 2 aromatic heterocycles. The summed E-state index contributed by atoms with van der Waals surface area (Å²) in [5.41, 5.74) is 3.16. The molecule has 2 aliphatic carbocycles. The number of aliphatic hydroxyl groups is 2. The van der Waals surface area contributed by atoms with Crippen LogP contribution in [-0.4, -0.2) is 78.1 Å². The van der Waals surface area contributed by atoms with E-state index in [1.807, 2.05) is 12.1 Å². The molecule has 4 heterocycles. The van der Waals surface area contributed by atoms with Crippen LogP contribution in [0, 0.1) is 11.6 Å². The van der Waals surface area contributed by atoms with Crippen LogP contribution < -0.4 is 10.6 Å². The van der Waals surface area contributed by atoms with Crippen molar-refractivity contribution in [1.82, 2.24) is 9.97 Å². The Hall–Kier alpha value is -3.06. The summed E-state index contributed by atoms with van der Waals surface area (Å²) in [6.07, 6.45) is 9.04. The molecule has 2 atom stereocenters. The van der Waals surface area contributed by atoms with Gasteiger partial charge in [-0.3, -0.25) is 9.98 Å². The predicted molar refractivity (Wildman–Crippen MR) is 186 cm³/mol. The van der Waals surface area contributed by atoms with Crippen molar-refractivity contribution in [2.24, 2.45) is 9.98 Å². The number of hydrogen-bond acceptors (Lipinski definition) is 8. The minimum atomic E-state index is -1.57. The maximum Gasteiger partial charge on any atom is 0.134 e. The van der Waals surface area contributed by atoms with E-state index in [1.165, 1.54) is 61.3 Å². The first-order valence-corrected chi connectivity index (χ1v) is 18.3. The predicted octanol–water partition coefficient (Wildman–Crippen LogP) is 6.78. The van der Waals surface area contributed by atoms with Gasteiger partial charge in [-0.1, -0.05) is 25.7 Å². The van der Waals surface area contributed by atoms with Gasteiger partial charge in [0.1, 0.15) is 27.3 Å². The average molecular weight is 665 g/mol. The molecule has 2 aromatic carbocycles. The van der Waals surface area contributed by atoms with Gasteiger partial charge in [-0.15, -0.1) is 23.5 Å². The monoisotopic (exact) mass is 664 g/mol. The normalized spacial score (nSPS) is 22.8. The van der Waals surface area contributed by atoms with Gasteiger partial charge in [-0.05, 0) is 62.1 Å². The van der Waals surface area contributed by atoms with E-state index in [0.717, 1.165) is 80.3 Å². The fourth-order valence-corrected chi connectivity index (χ4v) is 9.73. The highest BCUT2D eigenvalue weighted by Crippen LogP contribution is 2.39. The molecular weight excluding hydrogens is 627 g/mol. The van der Waals surface area contributed by atoms with Gasteiger partial charge in [-0.25, -0.2) is 8.78 Å². The fraction of sp³-hybridized carbons (Fsp3) is 0.471. The van der Waals surface area contributed by atoms with Gasteiger partial charge < -0.3 is 30.8 Å². The van der Waals surface area contributed by atoms with Crippen LogP contribution in [0.4, 0.5) is 20.2 Å². The SMILES string of the molecule is OCC(O)([C@@H]1CSC(c2cc3cc(F)cc(NC4CCCC4)c3[nH]2)=N1)[C@@H]1CSC(c2cc3cc(F)cc(NC4CCCC4)c3[nH]2)=N1. The summed E-state index contributed by atoms with van der Waals surface area (Å²) in [5, 5.41) is 32.4. The van der Waals surface area contributed by atoms with Crippen LogP contribution in [0.2, 0.25) is 0 Å². The van der Waals surface area contributed by atoms with Crippen LogP contribution in [0.1, 0.15) is 62.8 Å². The van der Waals surface area contributed by atoms with Crippen molar-refractivity contribution in [3.63, 3.8) is 0 Å². The summed E-state index contributed by atoms with van der Waals surface area (Å²) in [4.78, 5) is 16.7. The second-order valence-electron chi connectivity index (χ2n) is 13.1. The Kier molecular flexibility index (Phi) is 8.03. The molecule has 8 nitrogen and oxygen atoms in total. The van der Waals surface area contributed by atoms with Gasteiger partial charge in [0, 0.05) is 34.4 Å². The number of aromatic nitrogens is 2.